The Morgan fingerprint density at radius 3 is 3.16 bits per heavy atom. The number of hydrogen-bond donors (Lipinski definition) is 2. The molecule has 3 rings (SSSR count). The number of aliphatic imine (C=N–C) groups is 1. The molecular formula is C14H18BrN3O. The van der Waals surface area contributed by atoms with Crippen molar-refractivity contribution in [1.82, 2.24) is 10.6 Å². The second-order valence-corrected chi connectivity index (χ2v) is 4.51. The van der Waals surface area contributed by atoms with Crippen molar-refractivity contribution >= 4 is 33.9 Å². The minimum atomic E-state index is 0. The molecular weight excluding hydrogens is 306 g/mol. The van der Waals surface area contributed by atoms with Gasteiger partial charge in [0.05, 0.1) is 6.26 Å². The molecule has 0 radical (unpaired) electrons. The zero-order valence-electron chi connectivity index (χ0n) is 10.7. The van der Waals surface area contributed by atoms with E-state index >= 15 is 0 Å². The van der Waals surface area contributed by atoms with Crippen LogP contribution in [-0.2, 0) is 6.54 Å². The summed E-state index contributed by atoms with van der Waals surface area (Å²) in [4.78, 5) is 4.46. The van der Waals surface area contributed by atoms with Crippen molar-refractivity contribution in [3.05, 3.63) is 36.1 Å². The molecule has 1 aromatic carbocycles. The van der Waals surface area contributed by atoms with E-state index in [-0.39, 0.29) is 17.0 Å². The first-order valence-corrected chi connectivity index (χ1v) is 6.40. The van der Waals surface area contributed by atoms with E-state index in [4.69, 9.17) is 4.42 Å². The van der Waals surface area contributed by atoms with Crippen LogP contribution in [0.2, 0.25) is 0 Å². The second kappa shape index (κ2) is 6.61. The van der Waals surface area contributed by atoms with Gasteiger partial charge in [-0.2, -0.15) is 0 Å². The maximum Gasteiger partial charge on any atom is 0.191 e. The predicted octanol–water partition coefficient (Wildman–Crippen LogP) is 2.84. The van der Waals surface area contributed by atoms with Crippen molar-refractivity contribution in [1.29, 1.82) is 0 Å². The van der Waals surface area contributed by atoms with E-state index in [0.29, 0.717) is 0 Å². The SMILES string of the molecule is Br.c1cc2ccc(CNC3=NCCCCN3)cc2o1. The average molecular weight is 324 g/mol. The summed E-state index contributed by atoms with van der Waals surface area (Å²) in [6.45, 7) is 2.68. The first-order valence-electron chi connectivity index (χ1n) is 6.40. The molecule has 1 aliphatic rings. The van der Waals surface area contributed by atoms with Gasteiger partial charge in [0.25, 0.3) is 0 Å². The Hall–Kier alpha value is -1.49. The lowest BCUT2D eigenvalue weighted by Crippen LogP contribution is -2.36. The van der Waals surface area contributed by atoms with Gasteiger partial charge in [0.1, 0.15) is 5.58 Å². The topological polar surface area (TPSA) is 49.6 Å². The third kappa shape index (κ3) is 3.50. The van der Waals surface area contributed by atoms with Crippen molar-refractivity contribution < 1.29 is 4.42 Å². The van der Waals surface area contributed by atoms with Crippen LogP contribution in [0.15, 0.2) is 39.9 Å². The monoisotopic (exact) mass is 323 g/mol. The summed E-state index contributed by atoms with van der Waals surface area (Å²) in [5.41, 5.74) is 2.14. The van der Waals surface area contributed by atoms with Gasteiger partial charge in [0.15, 0.2) is 5.96 Å². The molecule has 0 saturated carbocycles. The second-order valence-electron chi connectivity index (χ2n) is 4.51. The molecule has 2 heterocycles. The third-order valence-electron chi connectivity index (χ3n) is 3.13. The fourth-order valence-electron chi connectivity index (χ4n) is 2.10. The van der Waals surface area contributed by atoms with Crippen LogP contribution in [0.1, 0.15) is 18.4 Å². The molecule has 2 N–H and O–H groups in total. The highest BCUT2D eigenvalue weighted by Gasteiger charge is 2.03. The molecule has 0 spiro atoms. The Labute approximate surface area is 123 Å². The van der Waals surface area contributed by atoms with Crippen LogP contribution in [0.5, 0.6) is 0 Å². The Kier molecular flexibility index (Phi) is 4.85. The molecule has 1 aliphatic heterocycles. The number of rotatable bonds is 2. The predicted molar refractivity (Wildman–Crippen MR) is 82.9 cm³/mol. The fourth-order valence-corrected chi connectivity index (χ4v) is 2.10. The van der Waals surface area contributed by atoms with Crippen LogP contribution in [0.25, 0.3) is 11.0 Å². The van der Waals surface area contributed by atoms with Gasteiger partial charge in [-0.15, -0.1) is 17.0 Å². The zero-order chi connectivity index (χ0) is 12.2. The molecule has 19 heavy (non-hydrogen) atoms. The molecule has 4 nitrogen and oxygen atoms in total. The summed E-state index contributed by atoms with van der Waals surface area (Å²) in [7, 11) is 0. The van der Waals surface area contributed by atoms with Gasteiger partial charge < -0.3 is 15.1 Å². The highest BCUT2D eigenvalue weighted by atomic mass is 79.9. The standard InChI is InChI=1S/C14H17N3O.BrH/c1-2-7-16-14(15-6-1)17-10-11-3-4-12-5-8-18-13(12)9-11;/h3-5,8-9H,1-2,6-7,10H2,(H2,15,16,17);1H. The first-order chi connectivity index (χ1) is 8.92. The highest BCUT2D eigenvalue weighted by Crippen LogP contribution is 2.16. The van der Waals surface area contributed by atoms with Crippen LogP contribution in [0.3, 0.4) is 0 Å². The van der Waals surface area contributed by atoms with Crippen LogP contribution < -0.4 is 10.6 Å². The highest BCUT2D eigenvalue weighted by molar-refractivity contribution is 8.93. The van der Waals surface area contributed by atoms with Crippen LogP contribution >= 0.6 is 17.0 Å². The summed E-state index contributed by atoms with van der Waals surface area (Å²) in [6, 6.07) is 8.24. The zero-order valence-corrected chi connectivity index (χ0v) is 12.4. The molecule has 0 fully saturated rings. The van der Waals surface area contributed by atoms with Crippen molar-refractivity contribution in [2.45, 2.75) is 19.4 Å². The van der Waals surface area contributed by atoms with Crippen molar-refractivity contribution in [2.24, 2.45) is 4.99 Å². The number of nitrogens with zero attached hydrogens (tertiary/aromatic N) is 1. The summed E-state index contributed by atoms with van der Waals surface area (Å²) in [5.74, 6) is 0.909. The molecule has 0 amide bonds. The van der Waals surface area contributed by atoms with Gasteiger partial charge in [-0.05, 0) is 30.5 Å². The Morgan fingerprint density at radius 1 is 1.26 bits per heavy atom. The number of hydrogen-bond acceptors (Lipinski definition) is 4. The molecule has 0 atom stereocenters. The smallest absolute Gasteiger partial charge is 0.191 e. The Morgan fingerprint density at radius 2 is 2.21 bits per heavy atom. The van der Waals surface area contributed by atoms with E-state index in [1.54, 1.807) is 6.26 Å². The van der Waals surface area contributed by atoms with Crippen molar-refractivity contribution in [3.8, 4) is 0 Å². The largest absolute Gasteiger partial charge is 0.464 e. The normalized spacial score (nSPS) is 15.1. The van der Waals surface area contributed by atoms with Crippen LogP contribution in [0.4, 0.5) is 0 Å². The number of benzene rings is 1. The van der Waals surface area contributed by atoms with E-state index in [9.17, 15) is 0 Å². The van der Waals surface area contributed by atoms with Gasteiger partial charge in [-0.3, -0.25) is 4.99 Å². The van der Waals surface area contributed by atoms with Crippen LogP contribution in [-0.4, -0.2) is 19.0 Å². The lowest BCUT2D eigenvalue weighted by molar-refractivity contribution is 0.615. The first kappa shape index (κ1) is 13.9. The molecule has 2 aromatic rings. The van der Waals surface area contributed by atoms with E-state index in [0.717, 1.165) is 43.0 Å². The third-order valence-corrected chi connectivity index (χ3v) is 3.13. The van der Waals surface area contributed by atoms with E-state index in [1.165, 1.54) is 12.0 Å². The lowest BCUT2D eigenvalue weighted by Gasteiger charge is -2.09. The maximum atomic E-state index is 5.40. The van der Waals surface area contributed by atoms with Gasteiger partial charge in [0, 0.05) is 25.0 Å². The molecule has 0 aliphatic carbocycles. The molecule has 0 saturated heterocycles. The lowest BCUT2D eigenvalue weighted by atomic mass is 10.2. The molecule has 1 aromatic heterocycles. The summed E-state index contributed by atoms with van der Waals surface area (Å²) in [6.07, 6.45) is 4.07. The molecule has 5 heteroatoms. The van der Waals surface area contributed by atoms with E-state index in [2.05, 4.69) is 33.8 Å². The minimum Gasteiger partial charge on any atom is -0.464 e. The van der Waals surface area contributed by atoms with Crippen molar-refractivity contribution in [3.63, 3.8) is 0 Å². The van der Waals surface area contributed by atoms with Gasteiger partial charge >= 0.3 is 0 Å². The summed E-state index contributed by atoms with van der Waals surface area (Å²) < 4.78 is 5.40. The van der Waals surface area contributed by atoms with Crippen molar-refractivity contribution in [2.75, 3.05) is 13.1 Å². The number of nitrogens with one attached hydrogen (secondary N) is 2. The molecule has 0 unspecified atom stereocenters. The Bertz CT molecular complexity index is 565. The fraction of sp³-hybridized carbons (Fsp3) is 0.357. The number of halogens is 1. The van der Waals surface area contributed by atoms with Crippen LogP contribution in [0, 0.1) is 0 Å². The minimum absolute atomic E-state index is 0. The molecule has 0 bridgehead atoms. The molecule has 102 valence electrons. The number of guanidine groups is 1. The van der Waals surface area contributed by atoms with Gasteiger partial charge in [-0.1, -0.05) is 12.1 Å². The Balaban J connectivity index is 0.00000133. The summed E-state index contributed by atoms with van der Waals surface area (Å²) >= 11 is 0. The summed E-state index contributed by atoms with van der Waals surface area (Å²) in [5, 5.41) is 7.77. The maximum absolute atomic E-state index is 5.40. The number of furan rings is 1. The van der Waals surface area contributed by atoms with Gasteiger partial charge in [-0.25, -0.2) is 0 Å². The quantitative estimate of drug-likeness (QED) is 0.893. The van der Waals surface area contributed by atoms with E-state index < -0.39 is 0 Å². The average Bonchev–Trinajstić information content (AvgIpc) is 2.70. The van der Waals surface area contributed by atoms with E-state index in [1.807, 2.05) is 6.07 Å². The van der Waals surface area contributed by atoms with Gasteiger partial charge in [0.2, 0.25) is 0 Å². The number of fused-ring (bicyclic) bond motifs is 1.